The molecular formula is C17H14BrNS. The molecule has 3 heteroatoms. The molecule has 0 aliphatic carbocycles. The number of hydrogen-bond donors (Lipinski definition) is 0. The van der Waals surface area contributed by atoms with Crippen LogP contribution in [0.1, 0.15) is 11.1 Å². The van der Waals surface area contributed by atoms with Gasteiger partial charge in [-0.05, 0) is 38.1 Å². The second-order valence-electron chi connectivity index (χ2n) is 4.92. The fraction of sp³-hybridized carbons (Fsp3) is 0.118. The molecule has 0 bridgehead atoms. The average Bonchev–Trinajstić information content (AvgIpc) is 2.88. The lowest BCUT2D eigenvalue weighted by Gasteiger charge is -2.02. The summed E-state index contributed by atoms with van der Waals surface area (Å²) in [5.74, 6) is 0. The molecule has 0 atom stereocenters. The monoisotopic (exact) mass is 343 g/mol. The normalized spacial score (nSPS) is 10.8. The van der Waals surface area contributed by atoms with Gasteiger partial charge in [-0.15, -0.1) is 11.3 Å². The zero-order valence-corrected chi connectivity index (χ0v) is 13.8. The first-order valence-electron chi connectivity index (χ1n) is 6.42. The van der Waals surface area contributed by atoms with Gasteiger partial charge in [-0.2, -0.15) is 0 Å². The molecule has 0 amide bonds. The Balaban J connectivity index is 1.99. The maximum atomic E-state index is 4.77. The lowest BCUT2D eigenvalue weighted by molar-refractivity contribution is 1.35. The van der Waals surface area contributed by atoms with Gasteiger partial charge in [0.15, 0.2) is 0 Å². The number of halogens is 1. The molecule has 20 heavy (non-hydrogen) atoms. The van der Waals surface area contributed by atoms with Gasteiger partial charge in [0, 0.05) is 21.0 Å². The number of rotatable bonds is 2. The predicted molar refractivity (Wildman–Crippen MR) is 90.2 cm³/mol. The fourth-order valence-corrected chi connectivity index (χ4v) is 3.35. The van der Waals surface area contributed by atoms with Crippen molar-refractivity contribution in [2.75, 3.05) is 0 Å². The zero-order valence-electron chi connectivity index (χ0n) is 11.4. The van der Waals surface area contributed by atoms with Crippen LogP contribution in [0.3, 0.4) is 0 Å². The van der Waals surface area contributed by atoms with Crippen LogP contribution in [0.5, 0.6) is 0 Å². The Morgan fingerprint density at radius 2 is 1.55 bits per heavy atom. The van der Waals surface area contributed by atoms with Crippen molar-refractivity contribution >= 4 is 27.3 Å². The predicted octanol–water partition coefficient (Wildman–Crippen LogP) is 5.86. The second kappa shape index (κ2) is 5.51. The van der Waals surface area contributed by atoms with Crippen molar-refractivity contribution in [2.45, 2.75) is 13.8 Å². The van der Waals surface area contributed by atoms with Crippen molar-refractivity contribution in [1.82, 2.24) is 4.98 Å². The molecule has 0 N–H and O–H groups in total. The van der Waals surface area contributed by atoms with E-state index >= 15 is 0 Å². The smallest absolute Gasteiger partial charge is 0.124 e. The van der Waals surface area contributed by atoms with Crippen LogP contribution < -0.4 is 0 Å². The molecule has 1 aromatic heterocycles. The maximum absolute atomic E-state index is 4.77. The Bertz CT molecular complexity index is 724. The highest BCUT2D eigenvalue weighted by atomic mass is 79.9. The van der Waals surface area contributed by atoms with Gasteiger partial charge in [-0.1, -0.05) is 45.3 Å². The highest BCUT2D eigenvalue weighted by Gasteiger charge is 2.07. The summed E-state index contributed by atoms with van der Waals surface area (Å²) < 4.78 is 1.09. The van der Waals surface area contributed by atoms with Crippen LogP contribution in [0, 0.1) is 13.8 Å². The minimum absolute atomic E-state index is 1.06. The van der Waals surface area contributed by atoms with Crippen molar-refractivity contribution in [3.63, 3.8) is 0 Å². The van der Waals surface area contributed by atoms with Gasteiger partial charge in [0.25, 0.3) is 0 Å². The first-order valence-corrected chi connectivity index (χ1v) is 8.09. The van der Waals surface area contributed by atoms with Gasteiger partial charge in [-0.25, -0.2) is 4.98 Å². The standard InChI is InChI=1S/C17H14BrNS/c1-11-7-12(2)9-14(8-11)16-10-20-17(19-16)13-3-5-15(18)6-4-13/h3-10H,1-2H3. The lowest BCUT2D eigenvalue weighted by atomic mass is 10.1. The zero-order chi connectivity index (χ0) is 14.1. The highest BCUT2D eigenvalue weighted by Crippen LogP contribution is 2.30. The fourth-order valence-electron chi connectivity index (χ4n) is 2.25. The van der Waals surface area contributed by atoms with Gasteiger partial charge in [0.1, 0.15) is 5.01 Å². The number of benzene rings is 2. The molecular weight excluding hydrogens is 330 g/mol. The Hall–Kier alpha value is -1.45. The second-order valence-corrected chi connectivity index (χ2v) is 6.69. The molecule has 1 heterocycles. The molecule has 0 saturated carbocycles. The molecule has 2 aromatic carbocycles. The molecule has 0 radical (unpaired) electrons. The molecule has 0 aliphatic heterocycles. The van der Waals surface area contributed by atoms with Gasteiger partial charge in [0.2, 0.25) is 0 Å². The minimum atomic E-state index is 1.06. The summed E-state index contributed by atoms with van der Waals surface area (Å²) in [6.45, 7) is 4.25. The summed E-state index contributed by atoms with van der Waals surface area (Å²) in [6.07, 6.45) is 0. The summed E-state index contributed by atoms with van der Waals surface area (Å²) in [5.41, 5.74) is 5.96. The number of hydrogen-bond acceptors (Lipinski definition) is 2. The quantitative estimate of drug-likeness (QED) is 0.568. The van der Waals surface area contributed by atoms with Crippen LogP contribution in [0.25, 0.3) is 21.8 Å². The van der Waals surface area contributed by atoms with Crippen LogP contribution >= 0.6 is 27.3 Å². The summed E-state index contributed by atoms with van der Waals surface area (Å²) in [6, 6.07) is 14.8. The minimum Gasteiger partial charge on any atom is -0.236 e. The molecule has 0 unspecified atom stereocenters. The van der Waals surface area contributed by atoms with E-state index in [9.17, 15) is 0 Å². The number of aryl methyl sites for hydroxylation is 2. The lowest BCUT2D eigenvalue weighted by Crippen LogP contribution is -1.83. The molecule has 100 valence electrons. The maximum Gasteiger partial charge on any atom is 0.124 e. The molecule has 0 aliphatic rings. The third kappa shape index (κ3) is 2.84. The largest absolute Gasteiger partial charge is 0.236 e. The molecule has 3 rings (SSSR count). The molecule has 0 fully saturated rings. The topological polar surface area (TPSA) is 12.9 Å². The van der Waals surface area contributed by atoms with E-state index in [1.165, 1.54) is 16.7 Å². The van der Waals surface area contributed by atoms with Gasteiger partial charge in [0.05, 0.1) is 5.69 Å². The van der Waals surface area contributed by atoms with E-state index in [-0.39, 0.29) is 0 Å². The van der Waals surface area contributed by atoms with Crippen molar-refractivity contribution in [3.8, 4) is 21.8 Å². The van der Waals surface area contributed by atoms with Crippen LogP contribution in [-0.4, -0.2) is 4.98 Å². The Morgan fingerprint density at radius 3 is 2.20 bits per heavy atom. The van der Waals surface area contributed by atoms with E-state index < -0.39 is 0 Å². The van der Waals surface area contributed by atoms with Crippen LogP contribution in [0.2, 0.25) is 0 Å². The van der Waals surface area contributed by atoms with Crippen LogP contribution in [-0.2, 0) is 0 Å². The van der Waals surface area contributed by atoms with Crippen LogP contribution in [0.15, 0.2) is 52.3 Å². The number of aromatic nitrogens is 1. The Kier molecular flexibility index (Phi) is 3.72. The Morgan fingerprint density at radius 1 is 0.900 bits per heavy atom. The summed E-state index contributed by atoms with van der Waals surface area (Å²) >= 11 is 5.15. The van der Waals surface area contributed by atoms with Gasteiger partial charge >= 0.3 is 0 Å². The molecule has 0 spiro atoms. The van der Waals surface area contributed by atoms with E-state index in [1.54, 1.807) is 11.3 Å². The first kappa shape index (κ1) is 13.5. The highest BCUT2D eigenvalue weighted by molar-refractivity contribution is 9.10. The summed E-state index contributed by atoms with van der Waals surface area (Å²) in [7, 11) is 0. The summed E-state index contributed by atoms with van der Waals surface area (Å²) in [4.78, 5) is 4.77. The third-order valence-electron chi connectivity index (χ3n) is 3.11. The number of thiazole rings is 1. The molecule has 1 nitrogen and oxygen atoms in total. The van der Waals surface area contributed by atoms with Gasteiger partial charge in [-0.3, -0.25) is 0 Å². The molecule has 0 saturated heterocycles. The van der Waals surface area contributed by atoms with E-state index in [4.69, 9.17) is 4.98 Å². The number of nitrogens with zero attached hydrogens (tertiary/aromatic N) is 1. The third-order valence-corrected chi connectivity index (χ3v) is 4.53. The van der Waals surface area contributed by atoms with E-state index in [0.29, 0.717) is 0 Å². The van der Waals surface area contributed by atoms with E-state index in [1.807, 2.05) is 12.1 Å². The van der Waals surface area contributed by atoms with Crippen molar-refractivity contribution in [1.29, 1.82) is 0 Å². The first-order chi connectivity index (χ1) is 9.61. The van der Waals surface area contributed by atoms with Crippen molar-refractivity contribution in [2.24, 2.45) is 0 Å². The van der Waals surface area contributed by atoms with E-state index in [0.717, 1.165) is 20.7 Å². The van der Waals surface area contributed by atoms with Gasteiger partial charge < -0.3 is 0 Å². The van der Waals surface area contributed by atoms with Crippen LogP contribution in [0.4, 0.5) is 0 Å². The SMILES string of the molecule is Cc1cc(C)cc(-c2csc(-c3ccc(Br)cc3)n2)c1. The van der Waals surface area contributed by atoms with Crippen molar-refractivity contribution in [3.05, 3.63) is 63.4 Å². The van der Waals surface area contributed by atoms with E-state index in [2.05, 4.69) is 65.5 Å². The Labute approximate surface area is 131 Å². The molecule has 3 aromatic rings. The summed E-state index contributed by atoms with van der Waals surface area (Å²) in [5, 5.41) is 3.19. The van der Waals surface area contributed by atoms with Crippen molar-refractivity contribution < 1.29 is 0 Å². The average molecular weight is 344 g/mol.